The molecule has 5 aromatic carbocycles. The minimum Gasteiger partial charge on any atom is -0.339 e. The molecule has 0 spiro atoms. The highest BCUT2D eigenvalue weighted by Crippen LogP contribution is 2.58. The van der Waals surface area contributed by atoms with E-state index >= 15 is 0 Å². The van der Waals surface area contributed by atoms with Gasteiger partial charge in [-0.15, -0.1) is 11.8 Å². The van der Waals surface area contributed by atoms with Crippen LogP contribution in [0.25, 0.3) is 39.0 Å². The standard InChI is InChI=1S/C60H51N3S/c1-60-35-17-16-27-52(60)50-38-49-47-26-14-15-28-56(47)64-57(49)39-55(50)63(60)53-34-31-45(48-36-44(41-20-8-3-9-21-41)30-32-46(48)42-22-10-4-11-23-42)37-51(53)59(61)62-54(33-29-40-18-6-2-7-19-40)58(62)43-24-12-5-13-25-43/h2-12,14-18,20-24,26-38,40,52,54,57-58,61H,13,19,25,39H2,1H3/b33-29+,61-59?. The van der Waals surface area contributed by atoms with Gasteiger partial charge in [-0.3, -0.25) is 5.41 Å². The summed E-state index contributed by atoms with van der Waals surface area (Å²) in [5.74, 6) is 1.15. The molecular formula is C60H51N3S. The van der Waals surface area contributed by atoms with Crippen LogP contribution in [0.1, 0.15) is 43.7 Å². The summed E-state index contributed by atoms with van der Waals surface area (Å²) in [7, 11) is 0. The number of benzene rings is 5. The van der Waals surface area contributed by atoms with Gasteiger partial charge in [0, 0.05) is 33.7 Å². The van der Waals surface area contributed by atoms with Crippen LogP contribution in [-0.4, -0.2) is 33.6 Å². The molecule has 0 bridgehead atoms. The predicted octanol–water partition coefficient (Wildman–Crippen LogP) is 14.6. The lowest BCUT2D eigenvalue weighted by Gasteiger charge is -2.42. The largest absolute Gasteiger partial charge is 0.339 e. The number of allylic oxidation sites excluding steroid dienone is 12. The van der Waals surface area contributed by atoms with E-state index in [0.29, 0.717) is 17.0 Å². The van der Waals surface area contributed by atoms with Crippen molar-refractivity contribution in [1.29, 1.82) is 5.41 Å². The summed E-state index contributed by atoms with van der Waals surface area (Å²) in [6, 6.07) is 44.7. The molecule has 0 amide bonds. The Morgan fingerprint density at radius 3 is 2.33 bits per heavy atom. The first-order valence-electron chi connectivity index (χ1n) is 23.0. The summed E-state index contributed by atoms with van der Waals surface area (Å²) < 4.78 is 0. The highest BCUT2D eigenvalue weighted by molar-refractivity contribution is 8.00. The maximum absolute atomic E-state index is 10.6. The second-order valence-electron chi connectivity index (χ2n) is 18.3. The van der Waals surface area contributed by atoms with Crippen molar-refractivity contribution >= 4 is 28.9 Å². The molecule has 3 heterocycles. The number of amidine groups is 1. The SMILES string of the molecule is CC12C=CC=CC1C1=C(CC3Sc4ccccc4C3=C1)N2c1ccc(-c2cc(-c3ccccc3)ccc2-c2ccccc2)cc1C(=N)N1C(/C=C/C2C=CC=CC2)C1C1=CC=CCC1. The van der Waals surface area contributed by atoms with Crippen molar-refractivity contribution in [1.82, 2.24) is 4.90 Å². The summed E-state index contributed by atoms with van der Waals surface area (Å²) in [5.41, 5.74) is 15.8. The predicted molar refractivity (Wildman–Crippen MR) is 269 cm³/mol. The van der Waals surface area contributed by atoms with Gasteiger partial charge < -0.3 is 9.80 Å². The average molecular weight is 846 g/mol. The van der Waals surface area contributed by atoms with Crippen LogP contribution < -0.4 is 4.90 Å². The van der Waals surface area contributed by atoms with Crippen molar-refractivity contribution in [2.75, 3.05) is 4.90 Å². The number of fused-ring (bicyclic) bond motifs is 5. The van der Waals surface area contributed by atoms with Crippen LogP contribution in [0.4, 0.5) is 5.69 Å². The van der Waals surface area contributed by atoms with Gasteiger partial charge in [-0.05, 0) is 112 Å². The first kappa shape index (κ1) is 39.0. The zero-order valence-corrected chi connectivity index (χ0v) is 37.0. The summed E-state index contributed by atoms with van der Waals surface area (Å²) in [5, 5.41) is 10.9. The minimum absolute atomic E-state index is 0.116. The molecule has 64 heavy (non-hydrogen) atoms. The minimum atomic E-state index is -0.340. The molecule has 3 nitrogen and oxygen atoms in total. The van der Waals surface area contributed by atoms with Crippen molar-refractivity contribution in [3.8, 4) is 33.4 Å². The Labute approximate surface area is 382 Å². The van der Waals surface area contributed by atoms with Crippen molar-refractivity contribution < 1.29 is 0 Å². The number of nitrogens with one attached hydrogen (secondary N) is 1. The number of anilines is 1. The summed E-state index contributed by atoms with van der Waals surface area (Å²) >= 11 is 2.01. The lowest BCUT2D eigenvalue weighted by Crippen LogP contribution is -2.46. The third kappa shape index (κ3) is 6.61. The van der Waals surface area contributed by atoms with Crippen molar-refractivity contribution in [2.45, 2.75) is 60.4 Å². The van der Waals surface area contributed by atoms with E-state index in [1.165, 1.54) is 60.7 Å². The monoisotopic (exact) mass is 845 g/mol. The molecule has 1 fully saturated rings. The van der Waals surface area contributed by atoms with E-state index in [-0.39, 0.29) is 23.5 Å². The quantitative estimate of drug-likeness (QED) is 0.0730. The Morgan fingerprint density at radius 2 is 1.52 bits per heavy atom. The van der Waals surface area contributed by atoms with E-state index in [1.807, 2.05) is 11.8 Å². The Hall–Kier alpha value is -6.62. The molecule has 6 atom stereocenters. The number of hydrogen-bond acceptors (Lipinski definition) is 3. The van der Waals surface area contributed by atoms with Crippen LogP contribution in [0, 0.1) is 17.2 Å². The average Bonchev–Trinajstić information content (AvgIpc) is 3.88. The van der Waals surface area contributed by atoms with Gasteiger partial charge in [0.1, 0.15) is 5.84 Å². The fourth-order valence-corrected chi connectivity index (χ4v) is 12.6. The lowest BCUT2D eigenvalue weighted by molar-refractivity contribution is 0.495. The van der Waals surface area contributed by atoms with Crippen molar-refractivity contribution in [2.24, 2.45) is 11.8 Å². The molecule has 0 aromatic heterocycles. The Kier molecular flexibility index (Phi) is 9.67. The summed E-state index contributed by atoms with van der Waals surface area (Å²) in [6.07, 6.45) is 36.3. The van der Waals surface area contributed by atoms with Crippen molar-refractivity contribution in [3.05, 3.63) is 234 Å². The molecule has 6 unspecified atom stereocenters. The van der Waals surface area contributed by atoms with E-state index in [9.17, 15) is 5.41 Å². The van der Waals surface area contributed by atoms with Crippen LogP contribution in [0.3, 0.4) is 0 Å². The summed E-state index contributed by atoms with van der Waals surface area (Å²) in [4.78, 5) is 6.43. The van der Waals surface area contributed by atoms with E-state index in [4.69, 9.17) is 0 Å². The van der Waals surface area contributed by atoms with Crippen molar-refractivity contribution in [3.63, 3.8) is 0 Å². The van der Waals surface area contributed by atoms with Crippen LogP contribution in [-0.2, 0) is 0 Å². The molecule has 4 heteroatoms. The lowest BCUT2D eigenvalue weighted by atomic mass is 9.78. The topological polar surface area (TPSA) is 30.1 Å². The van der Waals surface area contributed by atoms with Crippen LogP contribution in [0.15, 0.2) is 228 Å². The van der Waals surface area contributed by atoms with Gasteiger partial charge in [0.05, 0.1) is 23.3 Å². The van der Waals surface area contributed by atoms with Gasteiger partial charge in [-0.25, -0.2) is 0 Å². The number of rotatable bonds is 8. The molecule has 12 rings (SSSR count). The highest BCUT2D eigenvalue weighted by Gasteiger charge is 2.53. The second kappa shape index (κ2) is 15.9. The van der Waals surface area contributed by atoms with Gasteiger partial charge in [0.2, 0.25) is 0 Å². The van der Waals surface area contributed by atoms with Gasteiger partial charge in [-0.2, -0.15) is 0 Å². The van der Waals surface area contributed by atoms with E-state index in [1.54, 1.807) is 0 Å². The van der Waals surface area contributed by atoms with Crippen LogP contribution >= 0.6 is 11.8 Å². The van der Waals surface area contributed by atoms with Gasteiger partial charge in [-0.1, -0.05) is 182 Å². The van der Waals surface area contributed by atoms with E-state index < -0.39 is 0 Å². The van der Waals surface area contributed by atoms with Gasteiger partial charge in [0.15, 0.2) is 0 Å². The van der Waals surface area contributed by atoms with E-state index in [0.717, 1.165) is 42.5 Å². The molecule has 7 aliphatic rings. The Bertz CT molecular complexity index is 2990. The van der Waals surface area contributed by atoms with E-state index in [2.05, 4.69) is 223 Å². The van der Waals surface area contributed by atoms with Crippen LogP contribution in [0.5, 0.6) is 0 Å². The maximum Gasteiger partial charge on any atom is 0.131 e. The Balaban J connectivity index is 1.04. The zero-order valence-electron chi connectivity index (χ0n) is 36.1. The molecule has 0 saturated carbocycles. The molecule has 1 saturated heterocycles. The molecule has 312 valence electrons. The third-order valence-corrected chi connectivity index (χ3v) is 15.8. The maximum atomic E-state index is 10.6. The molecule has 4 aliphatic carbocycles. The summed E-state index contributed by atoms with van der Waals surface area (Å²) in [6.45, 7) is 2.42. The fourth-order valence-electron chi connectivity index (χ4n) is 11.3. The van der Waals surface area contributed by atoms with Gasteiger partial charge >= 0.3 is 0 Å². The van der Waals surface area contributed by atoms with Gasteiger partial charge in [0.25, 0.3) is 0 Å². The number of thioether (sulfide) groups is 1. The molecule has 3 aliphatic heterocycles. The molecule has 5 aromatic rings. The molecule has 1 N–H and O–H groups in total. The molecule has 0 radical (unpaired) electrons. The normalized spacial score (nSPS) is 25.9. The number of hydrogen-bond donors (Lipinski definition) is 1. The number of nitrogens with zero attached hydrogens (tertiary/aromatic N) is 2. The highest BCUT2D eigenvalue weighted by atomic mass is 32.2. The molecular weight excluding hydrogens is 795 g/mol. The first-order chi connectivity index (χ1) is 31.5. The fraction of sp³-hybridized carbons (Fsp3) is 0.183. The second-order valence-corrected chi connectivity index (χ2v) is 19.6. The zero-order chi connectivity index (χ0) is 42.8. The third-order valence-electron chi connectivity index (χ3n) is 14.5. The smallest absolute Gasteiger partial charge is 0.131 e. The Morgan fingerprint density at radius 1 is 0.719 bits per heavy atom. The van der Waals surface area contributed by atoms with Crippen LogP contribution in [0.2, 0.25) is 0 Å². The first-order valence-corrected chi connectivity index (χ1v) is 23.9.